The van der Waals surface area contributed by atoms with E-state index in [4.69, 9.17) is 4.98 Å². The summed E-state index contributed by atoms with van der Waals surface area (Å²) in [7, 11) is 0. The summed E-state index contributed by atoms with van der Waals surface area (Å²) in [5, 5.41) is 5.26. The van der Waals surface area contributed by atoms with Gasteiger partial charge in [-0.2, -0.15) is 0 Å². The molecule has 184 valence electrons. The monoisotopic (exact) mass is 463 g/mol. The van der Waals surface area contributed by atoms with Gasteiger partial charge in [0.1, 0.15) is 5.82 Å². The molecule has 3 fully saturated rings. The summed E-state index contributed by atoms with van der Waals surface area (Å²) in [5.41, 5.74) is 0.692. The maximum atomic E-state index is 13.0. The highest BCUT2D eigenvalue weighted by atomic mass is 16.1. The van der Waals surface area contributed by atoms with Gasteiger partial charge in [-0.25, -0.2) is 4.98 Å². The highest BCUT2D eigenvalue weighted by Gasteiger charge is 2.25. The SMILES string of the molecule is O=C(NCCCN1CCN(C2CCCCC2)CC1)c1cnc(N2CCCCC2)c2ccccc12. The molecule has 0 bridgehead atoms. The zero-order valence-electron chi connectivity index (χ0n) is 20.7. The van der Waals surface area contributed by atoms with Crippen LogP contribution in [0.25, 0.3) is 10.8 Å². The Morgan fingerprint density at radius 3 is 2.35 bits per heavy atom. The molecule has 0 spiro atoms. The number of amides is 1. The first-order chi connectivity index (χ1) is 16.8. The Balaban J connectivity index is 1.11. The maximum Gasteiger partial charge on any atom is 0.253 e. The number of piperazine rings is 1. The normalized spacial score (nSPS) is 21.1. The van der Waals surface area contributed by atoms with E-state index in [2.05, 4.69) is 32.1 Å². The molecule has 1 aliphatic carbocycles. The average molecular weight is 464 g/mol. The van der Waals surface area contributed by atoms with Crippen molar-refractivity contribution >= 4 is 22.5 Å². The van der Waals surface area contributed by atoms with Gasteiger partial charge in [0.05, 0.1) is 5.56 Å². The number of rotatable bonds is 7. The molecule has 2 aliphatic heterocycles. The van der Waals surface area contributed by atoms with Crippen LogP contribution < -0.4 is 10.2 Å². The summed E-state index contributed by atoms with van der Waals surface area (Å²) >= 11 is 0. The summed E-state index contributed by atoms with van der Waals surface area (Å²) in [4.78, 5) is 25.4. The van der Waals surface area contributed by atoms with E-state index in [0.717, 1.165) is 61.8 Å². The maximum absolute atomic E-state index is 13.0. The fourth-order valence-electron chi connectivity index (χ4n) is 6.11. The van der Waals surface area contributed by atoms with Gasteiger partial charge in [0.2, 0.25) is 0 Å². The van der Waals surface area contributed by atoms with E-state index in [-0.39, 0.29) is 5.91 Å². The van der Waals surface area contributed by atoms with Crippen molar-refractivity contribution < 1.29 is 4.79 Å². The molecule has 34 heavy (non-hydrogen) atoms. The van der Waals surface area contributed by atoms with Gasteiger partial charge in [-0.1, -0.05) is 43.5 Å². The molecule has 2 saturated heterocycles. The number of carbonyl (C=O) groups is 1. The lowest BCUT2D eigenvalue weighted by Crippen LogP contribution is -2.51. The Morgan fingerprint density at radius 1 is 0.882 bits per heavy atom. The summed E-state index contributed by atoms with van der Waals surface area (Å²) in [5.74, 6) is 1.02. The molecular formula is C28H41N5O. The van der Waals surface area contributed by atoms with Crippen molar-refractivity contribution in [3.8, 4) is 0 Å². The molecule has 5 rings (SSSR count). The van der Waals surface area contributed by atoms with Gasteiger partial charge in [0.15, 0.2) is 0 Å². The number of hydrogen-bond donors (Lipinski definition) is 1. The highest BCUT2D eigenvalue weighted by molar-refractivity contribution is 6.09. The minimum absolute atomic E-state index is 0.00369. The van der Waals surface area contributed by atoms with Gasteiger partial charge in [0.25, 0.3) is 5.91 Å². The lowest BCUT2D eigenvalue weighted by Gasteiger charge is -2.40. The Hall–Kier alpha value is -2.18. The fraction of sp³-hybridized carbons (Fsp3) is 0.643. The third kappa shape index (κ3) is 5.55. The Kier molecular flexibility index (Phi) is 7.97. The average Bonchev–Trinajstić information content (AvgIpc) is 2.91. The minimum Gasteiger partial charge on any atom is -0.356 e. The van der Waals surface area contributed by atoms with E-state index >= 15 is 0 Å². The Labute approximate surface area is 204 Å². The van der Waals surface area contributed by atoms with E-state index < -0.39 is 0 Å². The number of carbonyl (C=O) groups excluding carboxylic acids is 1. The molecule has 3 heterocycles. The quantitative estimate of drug-likeness (QED) is 0.621. The van der Waals surface area contributed by atoms with Gasteiger partial charge >= 0.3 is 0 Å². The van der Waals surface area contributed by atoms with Crippen LogP contribution in [0.2, 0.25) is 0 Å². The standard InChI is InChI=1S/C28H41N5O/c34-28(29-14-9-15-31-18-20-32(21-19-31)23-10-3-1-4-11-23)26-22-30-27(33-16-7-2-8-17-33)25-13-6-5-12-24(25)26/h5-6,12-13,22-23H,1-4,7-11,14-21H2,(H,29,34). The van der Waals surface area contributed by atoms with Crippen LogP contribution in [0.3, 0.4) is 0 Å². The van der Waals surface area contributed by atoms with Crippen molar-refractivity contribution in [3.05, 3.63) is 36.0 Å². The molecule has 6 heteroatoms. The van der Waals surface area contributed by atoms with E-state index in [9.17, 15) is 4.79 Å². The van der Waals surface area contributed by atoms with Gasteiger partial charge in [-0.3, -0.25) is 9.69 Å². The van der Waals surface area contributed by atoms with E-state index in [1.807, 2.05) is 12.1 Å². The second kappa shape index (κ2) is 11.5. The topological polar surface area (TPSA) is 51.7 Å². The number of benzene rings is 1. The molecule has 0 unspecified atom stereocenters. The molecule has 2 aromatic rings. The van der Waals surface area contributed by atoms with Gasteiger partial charge in [-0.15, -0.1) is 0 Å². The lowest BCUT2D eigenvalue weighted by atomic mass is 9.94. The van der Waals surface area contributed by atoms with E-state index in [0.29, 0.717) is 12.1 Å². The molecule has 1 amide bonds. The largest absolute Gasteiger partial charge is 0.356 e. The first-order valence-corrected chi connectivity index (χ1v) is 13.7. The van der Waals surface area contributed by atoms with Crippen molar-refractivity contribution in [1.29, 1.82) is 0 Å². The van der Waals surface area contributed by atoms with E-state index in [1.54, 1.807) is 6.20 Å². The van der Waals surface area contributed by atoms with Crippen LogP contribution in [0.5, 0.6) is 0 Å². The molecule has 0 radical (unpaired) electrons. The van der Waals surface area contributed by atoms with Gasteiger partial charge in [0, 0.05) is 63.4 Å². The number of anilines is 1. The van der Waals surface area contributed by atoms with Gasteiger partial charge in [-0.05, 0) is 50.5 Å². The molecule has 1 aromatic heterocycles. The Bertz CT molecular complexity index is 943. The highest BCUT2D eigenvalue weighted by Crippen LogP contribution is 2.29. The van der Waals surface area contributed by atoms with Crippen molar-refractivity contribution in [1.82, 2.24) is 20.1 Å². The molecule has 6 nitrogen and oxygen atoms in total. The van der Waals surface area contributed by atoms with E-state index in [1.165, 1.54) is 64.5 Å². The number of piperidine rings is 1. The van der Waals surface area contributed by atoms with Gasteiger partial charge < -0.3 is 15.1 Å². The number of nitrogens with zero attached hydrogens (tertiary/aromatic N) is 4. The summed E-state index contributed by atoms with van der Waals surface area (Å²) in [6.45, 7) is 8.62. The number of aromatic nitrogens is 1. The zero-order valence-corrected chi connectivity index (χ0v) is 20.7. The predicted molar refractivity (Wildman–Crippen MR) is 140 cm³/mol. The van der Waals surface area contributed by atoms with Crippen LogP contribution >= 0.6 is 0 Å². The predicted octanol–water partition coefficient (Wildman–Crippen LogP) is 4.30. The third-order valence-electron chi connectivity index (χ3n) is 8.11. The first kappa shape index (κ1) is 23.6. The number of fused-ring (bicyclic) bond motifs is 1. The zero-order chi connectivity index (χ0) is 23.2. The fourth-order valence-corrected chi connectivity index (χ4v) is 6.11. The molecule has 1 aromatic carbocycles. The Morgan fingerprint density at radius 2 is 1.59 bits per heavy atom. The molecule has 3 aliphatic rings. The summed E-state index contributed by atoms with van der Waals surface area (Å²) < 4.78 is 0. The summed E-state index contributed by atoms with van der Waals surface area (Å²) in [6.07, 6.45) is 13.6. The molecule has 0 atom stereocenters. The van der Waals surface area contributed by atoms with Crippen LogP contribution in [-0.2, 0) is 0 Å². The van der Waals surface area contributed by atoms with Crippen molar-refractivity contribution in [2.45, 2.75) is 63.8 Å². The molecule has 1 N–H and O–H groups in total. The van der Waals surface area contributed by atoms with Crippen molar-refractivity contribution in [2.24, 2.45) is 0 Å². The van der Waals surface area contributed by atoms with Crippen LogP contribution in [0.15, 0.2) is 30.5 Å². The van der Waals surface area contributed by atoms with Crippen molar-refractivity contribution in [3.63, 3.8) is 0 Å². The first-order valence-electron chi connectivity index (χ1n) is 13.7. The van der Waals surface area contributed by atoms with Crippen LogP contribution in [0.1, 0.15) is 68.1 Å². The summed E-state index contributed by atoms with van der Waals surface area (Å²) in [6, 6.07) is 9.07. The second-order valence-electron chi connectivity index (χ2n) is 10.4. The van der Waals surface area contributed by atoms with Crippen LogP contribution in [0, 0.1) is 0 Å². The van der Waals surface area contributed by atoms with Crippen LogP contribution in [-0.4, -0.2) is 79.1 Å². The lowest BCUT2D eigenvalue weighted by molar-refractivity contribution is 0.0779. The van der Waals surface area contributed by atoms with Crippen molar-refractivity contribution in [2.75, 3.05) is 57.3 Å². The second-order valence-corrected chi connectivity index (χ2v) is 10.4. The molecule has 1 saturated carbocycles. The smallest absolute Gasteiger partial charge is 0.253 e. The number of nitrogens with one attached hydrogen (secondary N) is 1. The molecular weight excluding hydrogens is 422 g/mol. The third-order valence-corrected chi connectivity index (χ3v) is 8.11. The van der Waals surface area contributed by atoms with Crippen LogP contribution in [0.4, 0.5) is 5.82 Å². The number of pyridine rings is 1. The minimum atomic E-state index is -0.00369. The number of hydrogen-bond acceptors (Lipinski definition) is 5.